The molecular formula is C10H16ClNO2. The Labute approximate surface area is 89.6 Å². The third kappa shape index (κ3) is 2.74. The Balaban J connectivity index is 2.75. The van der Waals surface area contributed by atoms with Gasteiger partial charge >= 0.3 is 0 Å². The van der Waals surface area contributed by atoms with Gasteiger partial charge < -0.3 is 14.0 Å². The summed E-state index contributed by atoms with van der Waals surface area (Å²) < 4.78 is 12.1. The van der Waals surface area contributed by atoms with Crippen molar-refractivity contribution in [2.45, 2.75) is 19.6 Å². The first-order valence-electron chi connectivity index (χ1n) is 4.53. The third-order valence-corrected chi connectivity index (χ3v) is 2.35. The van der Waals surface area contributed by atoms with E-state index in [9.17, 15) is 0 Å². The molecule has 1 rings (SSSR count). The highest BCUT2D eigenvalue weighted by Gasteiger charge is 2.09. The minimum atomic E-state index is 0.248. The van der Waals surface area contributed by atoms with Gasteiger partial charge in [0.05, 0.1) is 19.3 Å². The van der Waals surface area contributed by atoms with Crippen molar-refractivity contribution in [1.82, 2.24) is 4.57 Å². The molecule has 0 fully saturated rings. The van der Waals surface area contributed by atoms with Crippen LogP contribution in [0.5, 0.6) is 0 Å². The Morgan fingerprint density at radius 3 is 2.71 bits per heavy atom. The van der Waals surface area contributed by atoms with Gasteiger partial charge in [0.25, 0.3) is 0 Å². The van der Waals surface area contributed by atoms with Crippen molar-refractivity contribution in [3.8, 4) is 0 Å². The van der Waals surface area contributed by atoms with E-state index < -0.39 is 0 Å². The minimum Gasteiger partial charge on any atom is -0.383 e. The molecule has 0 aliphatic heterocycles. The first-order chi connectivity index (χ1) is 6.69. The molecule has 1 aromatic heterocycles. The summed E-state index contributed by atoms with van der Waals surface area (Å²) in [5, 5.41) is 0.724. The number of aromatic nitrogens is 1. The van der Waals surface area contributed by atoms with Crippen molar-refractivity contribution in [3.05, 3.63) is 23.0 Å². The lowest BCUT2D eigenvalue weighted by molar-refractivity contribution is 0.162. The first kappa shape index (κ1) is 11.6. The molecule has 1 heterocycles. The van der Waals surface area contributed by atoms with Crippen LogP contribution in [0.2, 0.25) is 5.15 Å². The molecule has 0 amide bonds. The van der Waals surface area contributed by atoms with E-state index in [1.807, 2.05) is 16.8 Å². The molecule has 0 aliphatic carbocycles. The van der Waals surface area contributed by atoms with E-state index in [2.05, 4.69) is 6.92 Å². The lowest BCUT2D eigenvalue weighted by Gasteiger charge is -2.13. The van der Waals surface area contributed by atoms with Gasteiger partial charge in [0.2, 0.25) is 0 Å². The lowest BCUT2D eigenvalue weighted by Crippen LogP contribution is -2.09. The molecular weight excluding hydrogens is 202 g/mol. The van der Waals surface area contributed by atoms with Gasteiger partial charge in [-0.15, -0.1) is 0 Å². The highest BCUT2D eigenvalue weighted by atomic mass is 35.5. The zero-order valence-corrected chi connectivity index (χ0v) is 9.54. The molecule has 0 saturated heterocycles. The highest BCUT2D eigenvalue weighted by molar-refractivity contribution is 6.29. The van der Waals surface area contributed by atoms with E-state index >= 15 is 0 Å². The minimum absolute atomic E-state index is 0.248. The number of rotatable bonds is 5. The average Bonchev–Trinajstić information content (AvgIpc) is 2.48. The predicted octanol–water partition coefficient (Wildman–Crippen LogP) is 2.50. The van der Waals surface area contributed by atoms with Crippen molar-refractivity contribution in [3.63, 3.8) is 0 Å². The standard InChI is InChI=1S/C10H16ClNO2/c1-8(6-13-2)12-5-9(7-14-3)4-10(12)11/h4-5,8H,6-7H2,1-3H3/t8-/m0/s1. The van der Waals surface area contributed by atoms with Crippen LogP contribution in [0.25, 0.3) is 0 Å². The number of hydrogen-bond donors (Lipinski definition) is 0. The number of hydrogen-bond acceptors (Lipinski definition) is 2. The summed E-state index contributed by atoms with van der Waals surface area (Å²) in [4.78, 5) is 0. The van der Waals surface area contributed by atoms with Crippen LogP contribution in [0.4, 0.5) is 0 Å². The fourth-order valence-corrected chi connectivity index (χ4v) is 1.77. The molecule has 4 heteroatoms. The second-order valence-electron chi connectivity index (χ2n) is 3.32. The van der Waals surface area contributed by atoms with Crippen LogP contribution in [0, 0.1) is 0 Å². The maximum Gasteiger partial charge on any atom is 0.109 e. The number of nitrogens with zero attached hydrogens (tertiary/aromatic N) is 1. The molecule has 0 saturated carbocycles. The van der Waals surface area contributed by atoms with Crippen LogP contribution in [0.1, 0.15) is 18.5 Å². The zero-order valence-electron chi connectivity index (χ0n) is 8.79. The van der Waals surface area contributed by atoms with Crippen molar-refractivity contribution in [2.75, 3.05) is 20.8 Å². The van der Waals surface area contributed by atoms with Crippen molar-refractivity contribution in [1.29, 1.82) is 0 Å². The average molecular weight is 218 g/mol. The second kappa shape index (κ2) is 5.39. The van der Waals surface area contributed by atoms with Gasteiger partial charge in [-0.1, -0.05) is 11.6 Å². The fourth-order valence-electron chi connectivity index (χ4n) is 1.41. The Morgan fingerprint density at radius 2 is 2.14 bits per heavy atom. The largest absolute Gasteiger partial charge is 0.383 e. The molecule has 1 atom stereocenters. The molecule has 0 bridgehead atoms. The van der Waals surface area contributed by atoms with Gasteiger partial charge in [-0.05, 0) is 18.6 Å². The van der Waals surface area contributed by atoms with Crippen LogP contribution in [-0.4, -0.2) is 25.4 Å². The highest BCUT2D eigenvalue weighted by Crippen LogP contribution is 2.20. The van der Waals surface area contributed by atoms with Crippen LogP contribution in [0.15, 0.2) is 12.3 Å². The summed E-state index contributed by atoms with van der Waals surface area (Å²) in [6, 6.07) is 2.16. The molecule has 14 heavy (non-hydrogen) atoms. The van der Waals surface area contributed by atoms with E-state index in [1.165, 1.54) is 0 Å². The SMILES string of the molecule is COCc1cc(Cl)n([C@@H](C)COC)c1. The Bertz CT molecular complexity index is 286. The Hall–Kier alpha value is -0.510. The molecule has 0 unspecified atom stereocenters. The molecule has 0 N–H and O–H groups in total. The van der Waals surface area contributed by atoms with E-state index in [1.54, 1.807) is 14.2 Å². The molecule has 0 aliphatic rings. The molecule has 0 spiro atoms. The molecule has 0 radical (unpaired) electrons. The summed E-state index contributed by atoms with van der Waals surface area (Å²) in [6.07, 6.45) is 2.00. The molecule has 1 aromatic rings. The number of halogens is 1. The summed E-state index contributed by atoms with van der Waals surface area (Å²) in [6.45, 7) is 3.30. The molecule has 3 nitrogen and oxygen atoms in total. The van der Waals surface area contributed by atoms with Gasteiger partial charge in [0.1, 0.15) is 5.15 Å². The van der Waals surface area contributed by atoms with Gasteiger partial charge in [-0.3, -0.25) is 0 Å². The van der Waals surface area contributed by atoms with Gasteiger partial charge in [-0.2, -0.15) is 0 Å². The van der Waals surface area contributed by atoms with Crippen molar-refractivity contribution in [2.24, 2.45) is 0 Å². The maximum atomic E-state index is 6.06. The first-order valence-corrected chi connectivity index (χ1v) is 4.91. The zero-order chi connectivity index (χ0) is 10.6. The summed E-state index contributed by atoms with van der Waals surface area (Å²) in [5.74, 6) is 0. The van der Waals surface area contributed by atoms with Gasteiger partial charge in [0, 0.05) is 20.4 Å². The van der Waals surface area contributed by atoms with Crippen molar-refractivity contribution < 1.29 is 9.47 Å². The Kier molecular flexibility index (Phi) is 4.45. The summed E-state index contributed by atoms with van der Waals surface area (Å²) >= 11 is 6.06. The maximum absolute atomic E-state index is 6.06. The van der Waals surface area contributed by atoms with Crippen LogP contribution in [-0.2, 0) is 16.1 Å². The predicted molar refractivity (Wildman–Crippen MR) is 56.7 cm³/mol. The smallest absolute Gasteiger partial charge is 0.109 e. The normalized spacial score (nSPS) is 13.1. The van der Waals surface area contributed by atoms with E-state index in [0.29, 0.717) is 13.2 Å². The quantitative estimate of drug-likeness (QED) is 0.757. The number of methoxy groups -OCH3 is 2. The van der Waals surface area contributed by atoms with Gasteiger partial charge in [0.15, 0.2) is 0 Å². The third-order valence-electron chi connectivity index (χ3n) is 2.05. The van der Waals surface area contributed by atoms with Gasteiger partial charge in [-0.25, -0.2) is 0 Å². The van der Waals surface area contributed by atoms with E-state index in [0.717, 1.165) is 10.7 Å². The Morgan fingerprint density at radius 1 is 1.43 bits per heavy atom. The van der Waals surface area contributed by atoms with E-state index in [4.69, 9.17) is 21.1 Å². The topological polar surface area (TPSA) is 23.4 Å². The lowest BCUT2D eigenvalue weighted by atomic mass is 10.3. The van der Waals surface area contributed by atoms with Crippen LogP contribution < -0.4 is 0 Å². The molecule has 0 aromatic carbocycles. The number of ether oxygens (including phenoxy) is 2. The summed E-state index contributed by atoms with van der Waals surface area (Å²) in [5.41, 5.74) is 1.08. The van der Waals surface area contributed by atoms with Crippen molar-refractivity contribution >= 4 is 11.6 Å². The molecule has 80 valence electrons. The summed E-state index contributed by atoms with van der Waals surface area (Å²) in [7, 11) is 3.35. The van der Waals surface area contributed by atoms with Crippen LogP contribution in [0.3, 0.4) is 0 Å². The van der Waals surface area contributed by atoms with E-state index in [-0.39, 0.29) is 6.04 Å². The second-order valence-corrected chi connectivity index (χ2v) is 3.70. The monoisotopic (exact) mass is 217 g/mol. The fraction of sp³-hybridized carbons (Fsp3) is 0.600. The van der Waals surface area contributed by atoms with Crippen LogP contribution >= 0.6 is 11.6 Å².